The van der Waals surface area contributed by atoms with Gasteiger partial charge in [-0.25, -0.2) is 0 Å². The van der Waals surface area contributed by atoms with Gasteiger partial charge in [0.25, 0.3) is 0 Å². The Morgan fingerprint density at radius 1 is 1.67 bits per heavy atom. The van der Waals surface area contributed by atoms with E-state index in [-0.39, 0.29) is 11.8 Å². The molecule has 0 aromatic carbocycles. The van der Waals surface area contributed by atoms with Gasteiger partial charge in [0, 0.05) is 25.8 Å². The highest BCUT2D eigenvalue weighted by Crippen LogP contribution is 2.30. The molecule has 7 nitrogen and oxygen atoms in total. The second kappa shape index (κ2) is 6.07. The minimum absolute atomic E-state index is 0.0124. The Labute approximate surface area is 112 Å². The Morgan fingerprint density at radius 2 is 2.50 bits per heavy atom. The first-order valence-corrected chi connectivity index (χ1v) is 6.32. The molecule has 2 heterocycles. The number of hydrogen-bond acceptors (Lipinski definition) is 6. The number of nitrogens with one attached hydrogen (secondary N) is 2. The quantitative estimate of drug-likeness (QED) is 0.640. The van der Waals surface area contributed by atoms with Crippen LogP contribution in [-0.2, 0) is 4.74 Å². The number of anilines is 1. The van der Waals surface area contributed by atoms with Crippen LogP contribution in [-0.4, -0.2) is 42.3 Å². The molecular formula is C10H13BrN4O3. The zero-order chi connectivity index (χ0) is 13.0. The number of rotatable bonds is 4. The fraction of sp³-hybridized carbons (Fsp3) is 0.500. The van der Waals surface area contributed by atoms with Crippen molar-refractivity contribution >= 4 is 27.3 Å². The predicted molar refractivity (Wildman–Crippen MR) is 69.7 cm³/mol. The first kappa shape index (κ1) is 13.2. The fourth-order valence-electron chi connectivity index (χ4n) is 1.70. The van der Waals surface area contributed by atoms with E-state index in [1.54, 1.807) is 0 Å². The van der Waals surface area contributed by atoms with Gasteiger partial charge in [-0.1, -0.05) is 0 Å². The van der Waals surface area contributed by atoms with Crippen LogP contribution in [0.5, 0.6) is 0 Å². The summed E-state index contributed by atoms with van der Waals surface area (Å²) < 4.78 is 6.08. The maximum absolute atomic E-state index is 10.9. The first-order chi connectivity index (χ1) is 8.68. The summed E-state index contributed by atoms with van der Waals surface area (Å²) >= 11 is 3.25. The molecule has 0 bridgehead atoms. The topological polar surface area (TPSA) is 89.3 Å². The maximum Gasteiger partial charge on any atom is 0.311 e. The Kier molecular flexibility index (Phi) is 4.45. The molecular weight excluding hydrogens is 304 g/mol. The lowest BCUT2D eigenvalue weighted by molar-refractivity contribution is -0.384. The van der Waals surface area contributed by atoms with E-state index >= 15 is 0 Å². The second-order valence-electron chi connectivity index (χ2n) is 3.85. The van der Waals surface area contributed by atoms with Gasteiger partial charge in [0.15, 0.2) is 0 Å². The van der Waals surface area contributed by atoms with Crippen molar-refractivity contribution < 1.29 is 9.66 Å². The molecule has 0 aliphatic carbocycles. The SMILES string of the molecule is O=[N+]([O-])c1cncc(Br)c1NCC1CNCCO1. The second-order valence-corrected chi connectivity index (χ2v) is 4.70. The van der Waals surface area contributed by atoms with E-state index in [0.29, 0.717) is 23.3 Å². The predicted octanol–water partition coefficient (Wildman–Crippen LogP) is 1.15. The normalized spacial score (nSPS) is 19.5. The summed E-state index contributed by atoms with van der Waals surface area (Å²) in [5, 5.41) is 17.1. The van der Waals surface area contributed by atoms with Crippen molar-refractivity contribution in [1.82, 2.24) is 10.3 Å². The zero-order valence-corrected chi connectivity index (χ0v) is 11.1. The number of nitro groups is 1. The minimum atomic E-state index is -0.458. The van der Waals surface area contributed by atoms with E-state index < -0.39 is 4.92 Å². The van der Waals surface area contributed by atoms with Crippen LogP contribution < -0.4 is 10.6 Å². The highest BCUT2D eigenvalue weighted by molar-refractivity contribution is 9.10. The molecule has 0 radical (unpaired) electrons. The van der Waals surface area contributed by atoms with Crippen molar-refractivity contribution in [2.45, 2.75) is 6.10 Å². The molecule has 1 aromatic heterocycles. The van der Waals surface area contributed by atoms with Crippen molar-refractivity contribution in [2.75, 3.05) is 31.6 Å². The zero-order valence-electron chi connectivity index (χ0n) is 9.56. The van der Waals surface area contributed by atoms with Gasteiger partial charge in [0.1, 0.15) is 11.9 Å². The summed E-state index contributed by atoms with van der Waals surface area (Å²) in [6.45, 7) is 2.75. The van der Waals surface area contributed by atoms with Gasteiger partial charge in [-0.15, -0.1) is 0 Å². The van der Waals surface area contributed by atoms with Crippen LogP contribution >= 0.6 is 15.9 Å². The monoisotopic (exact) mass is 316 g/mol. The van der Waals surface area contributed by atoms with Crippen LogP contribution in [0.4, 0.5) is 11.4 Å². The van der Waals surface area contributed by atoms with Crippen LogP contribution in [0.1, 0.15) is 0 Å². The standard InChI is InChI=1S/C10H13BrN4O3/c11-8-5-13-6-9(15(16)17)10(8)14-4-7-3-12-1-2-18-7/h5-7,12H,1-4H2,(H,13,14). The molecule has 8 heteroatoms. The molecule has 1 saturated heterocycles. The average Bonchev–Trinajstić information content (AvgIpc) is 2.38. The Morgan fingerprint density at radius 3 is 3.17 bits per heavy atom. The third-order valence-electron chi connectivity index (χ3n) is 2.59. The molecule has 2 N–H and O–H groups in total. The summed E-state index contributed by atoms with van der Waals surface area (Å²) in [7, 11) is 0. The first-order valence-electron chi connectivity index (χ1n) is 5.52. The van der Waals surface area contributed by atoms with Gasteiger partial charge in [-0.2, -0.15) is 0 Å². The maximum atomic E-state index is 10.9. The summed E-state index contributed by atoms with van der Waals surface area (Å²) in [6, 6.07) is 0. The van der Waals surface area contributed by atoms with Gasteiger partial charge in [-0.3, -0.25) is 15.1 Å². The Bertz CT molecular complexity index is 437. The van der Waals surface area contributed by atoms with Gasteiger partial charge in [0.05, 0.1) is 22.1 Å². The Balaban J connectivity index is 2.05. The largest absolute Gasteiger partial charge is 0.376 e. The molecule has 1 atom stereocenters. The van der Waals surface area contributed by atoms with Crippen molar-refractivity contribution in [1.29, 1.82) is 0 Å². The molecule has 0 spiro atoms. The van der Waals surface area contributed by atoms with E-state index in [9.17, 15) is 10.1 Å². The number of morpholine rings is 1. The summed E-state index contributed by atoms with van der Waals surface area (Å²) in [6.07, 6.45) is 2.76. The molecule has 1 aromatic rings. The third-order valence-corrected chi connectivity index (χ3v) is 3.19. The van der Waals surface area contributed by atoms with Gasteiger partial charge in [-0.05, 0) is 15.9 Å². The van der Waals surface area contributed by atoms with Gasteiger partial charge >= 0.3 is 5.69 Å². The fourth-order valence-corrected chi connectivity index (χ4v) is 2.17. The lowest BCUT2D eigenvalue weighted by Gasteiger charge is -2.24. The lowest BCUT2D eigenvalue weighted by Crippen LogP contribution is -2.42. The van der Waals surface area contributed by atoms with Crippen molar-refractivity contribution in [3.8, 4) is 0 Å². The van der Waals surface area contributed by atoms with Gasteiger partial charge < -0.3 is 15.4 Å². The number of pyridine rings is 1. The Hall–Kier alpha value is -1.25. The highest BCUT2D eigenvalue weighted by Gasteiger charge is 2.19. The molecule has 0 amide bonds. The number of aromatic nitrogens is 1. The minimum Gasteiger partial charge on any atom is -0.376 e. The van der Waals surface area contributed by atoms with E-state index in [1.165, 1.54) is 12.4 Å². The smallest absolute Gasteiger partial charge is 0.311 e. The van der Waals surface area contributed by atoms with Crippen molar-refractivity contribution in [3.05, 3.63) is 27.0 Å². The summed E-state index contributed by atoms with van der Waals surface area (Å²) in [5.74, 6) is 0. The molecule has 2 rings (SSSR count). The van der Waals surface area contributed by atoms with Crippen LogP contribution in [0.25, 0.3) is 0 Å². The molecule has 0 saturated carbocycles. The van der Waals surface area contributed by atoms with Crippen LogP contribution in [0.3, 0.4) is 0 Å². The van der Waals surface area contributed by atoms with E-state index in [0.717, 1.165) is 13.1 Å². The number of hydrogen-bond donors (Lipinski definition) is 2. The number of ether oxygens (including phenoxy) is 1. The van der Waals surface area contributed by atoms with E-state index in [2.05, 4.69) is 31.5 Å². The molecule has 1 fully saturated rings. The van der Waals surface area contributed by atoms with Crippen molar-refractivity contribution in [2.24, 2.45) is 0 Å². The van der Waals surface area contributed by atoms with Crippen molar-refractivity contribution in [3.63, 3.8) is 0 Å². The average molecular weight is 317 g/mol. The van der Waals surface area contributed by atoms with E-state index in [1.807, 2.05) is 0 Å². The molecule has 18 heavy (non-hydrogen) atoms. The lowest BCUT2D eigenvalue weighted by atomic mass is 10.3. The molecule has 98 valence electrons. The summed E-state index contributed by atoms with van der Waals surface area (Å²) in [5.41, 5.74) is 0.386. The summed E-state index contributed by atoms with van der Waals surface area (Å²) in [4.78, 5) is 14.2. The van der Waals surface area contributed by atoms with E-state index in [4.69, 9.17) is 4.74 Å². The van der Waals surface area contributed by atoms with Crippen LogP contribution in [0, 0.1) is 10.1 Å². The molecule has 1 aliphatic heterocycles. The highest BCUT2D eigenvalue weighted by atomic mass is 79.9. The molecule has 1 aliphatic rings. The van der Waals surface area contributed by atoms with Crippen LogP contribution in [0.15, 0.2) is 16.9 Å². The van der Waals surface area contributed by atoms with Gasteiger partial charge in [0.2, 0.25) is 0 Å². The van der Waals surface area contributed by atoms with Crippen LogP contribution in [0.2, 0.25) is 0 Å². The third kappa shape index (κ3) is 3.15. The number of halogens is 1. The number of nitrogens with zero attached hydrogens (tertiary/aromatic N) is 2. The molecule has 1 unspecified atom stereocenters.